The highest BCUT2D eigenvalue weighted by Crippen LogP contribution is 2.25. The quantitative estimate of drug-likeness (QED) is 0.879. The Morgan fingerprint density at radius 3 is 2.82 bits per heavy atom. The van der Waals surface area contributed by atoms with Gasteiger partial charge in [-0.3, -0.25) is 9.89 Å². The molecule has 1 amide bonds. The van der Waals surface area contributed by atoms with Crippen LogP contribution in [0.4, 0.5) is 5.69 Å². The van der Waals surface area contributed by atoms with Crippen LogP contribution in [0.15, 0.2) is 24.4 Å². The average molecular weight is 270 g/mol. The van der Waals surface area contributed by atoms with E-state index in [1.165, 1.54) is 6.20 Å². The highest BCUT2D eigenvalue weighted by Gasteiger charge is 2.12. The molecule has 0 aliphatic carbocycles. The fourth-order valence-electron chi connectivity index (χ4n) is 1.36. The van der Waals surface area contributed by atoms with Crippen LogP contribution >= 0.6 is 23.2 Å². The third-order valence-corrected chi connectivity index (χ3v) is 2.82. The smallest absolute Gasteiger partial charge is 0.259 e. The summed E-state index contributed by atoms with van der Waals surface area (Å²) < 4.78 is 0. The molecule has 2 rings (SSSR count). The largest absolute Gasteiger partial charge is 0.320 e. The van der Waals surface area contributed by atoms with Crippen molar-refractivity contribution >= 4 is 34.8 Å². The summed E-state index contributed by atoms with van der Waals surface area (Å²) in [5.74, 6) is -0.277. The molecule has 0 atom stereocenters. The van der Waals surface area contributed by atoms with E-state index in [9.17, 15) is 4.79 Å². The second kappa shape index (κ2) is 4.77. The van der Waals surface area contributed by atoms with E-state index in [1.54, 1.807) is 25.1 Å². The molecule has 0 spiro atoms. The fraction of sp³-hybridized carbons (Fsp3) is 0.0909. The molecule has 88 valence electrons. The minimum Gasteiger partial charge on any atom is -0.320 e. The molecule has 4 nitrogen and oxygen atoms in total. The molecule has 2 aromatic rings. The summed E-state index contributed by atoms with van der Waals surface area (Å²) >= 11 is 11.8. The Labute approximate surface area is 108 Å². The van der Waals surface area contributed by atoms with Gasteiger partial charge in [-0.25, -0.2) is 0 Å². The SMILES string of the molecule is Cc1[nH]ncc1C(=O)Nc1cc(Cl)ccc1Cl. The first kappa shape index (κ1) is 12.0. The number of rotatable bonds is 2. The van der Waals surface area contributed by atoms with E-state index in [0.717, 1.165) is 0 Å². The number of carbonyl (C=O) groups is 1. The maximum atomic E-state index is 11.9. The van der Waals surface area contributed by atoms with Crippen molar-refractivity contribution in [3.05, 3.63) is 45.7 Å². The molecule has 0 fully saturated rings. The van der Waals surface area contributed by atoms with Gasteiger partial charge in [0.05, 0.1) is 22.5 Å². The second-order valence-electron chi connectivity index (χ2n) is 3.49. The van der Waals surface area contributed by atoms with E-state index in [1.807, 2.05) is 0 Å². The van der Waals surface area contributed by atoms with Gasteiger partial charge in [-0.2, -0.15) is 5.10 Å². The van der Waals surface area contributed by atoms with Gasteiger partial charge in [-0.15, -0.1) is 0 Å². The van der Waals surface area contributed by atoms with Crippen LogP contribution in [-0.2, 0) is 0 Å². The lowest BCUT2D eigenvalue weighted by Crippen LogP contribution is -2.12. The molecule has 2 N–H and O–H groups in total. The molecular formula is C11H9Cl2N3O. The molecule has 6 heteroatoms. The average Bonchev–Trinajstić information content (AvgIpc) is 2.70. The molecular weight excluding hydrogens is 261 g/mol. The monoisotopic (exact) mass is 269 g/mol. The number of H-pyrrole nitrogens is 1. The number of halogens is 2. The number of aryl methyl sites for hydroxylation is 1. The number of nitrogens with zero attached hydrogens (tertiary/aromatic N) is 1. The molecule has 1 aromatic heterocycles. The summed E-state index contributed by atoms with van der Waals surface area (Å²) in [6.45, 7) is 1.77. The Morgan fingerprint density at radius 2 is 2.18 bits per heavy atom. The summed E-state index contributed by atoms with van der Waals surface area (Å²) in [6, 6.07) is 4.88. The molecule has 0 unspecified atom stereocenters. The molecule has 17 heavy (non-hydrogen) atoms. The minimum absolute atomic E-state index is 0.277. The van der Waals surface area contributed by atoms with Crippen LogP contribution in [0.3, 0.4) is 0 Å². The molecule has 0 aliphatic heterocycles. The van der Waals surface area contributed by atoms with E-state index < -0.39 is 0 Å². The first-order chi connectivity index (χ1) is 8.08. The summed E-state index contributed by atoms with van der Waals surface area (Å²) in [5.41, 5.74) is 1.64. The van der Waals surface area contributed by atoms with E-state index in [2.05, 4.69) is 15.5 Å². The van der Waals surface area contributed by atoms with Gasteiger partial charge >= 0.3 is 0 Å². The van der Waals surface area contributed by atoms with Gasteiger partial charge in [0, 0.05) is 10.7 Å². The highest BCUT2D eigenvalue weighted by molar-refractivity contribution is 6.35. The van der Waals surface area contributed by atoms with Crippen LogP contribution < -0.4 is 5.32 Å². The van der Waals surface area contributed by atoms with Crippen molar-refractivity contribution < 1.29 is 4.79 Å². The van der Waals surface area contributed by atoms with Gasteiger partial charge in [0.25, 0.3) is 5.91 Å². The standard InChI is InChI=1S/C11H9Cl2N3O/c1-6-8(5-14-16-6)11(17)15-10-4-7(12)2-3-9(10)13/h2-5H,1H3,(H,14,16)(H,15,17). The Bertz CT molecular complexity index is 566. The van der Waals surface area contributed by atoms with Gasteiger partial charge < -0.3 is 5.32 Å². The first-order valence-electron chi connectivity index (χ1n) is 4.84. The predicted molar refractivity (Wildman–Crippen MR) is 67.7 cm³/mol. The Hall–Kier alpha value is -1.52. The van der Waals surface area contributed by atoms with E-state index in [-0.39, 0.29) is 5.91 Å². The molecule has 0 saturated heterocycles. The summed E-state index contributed by atoms with van der Waals surface area (Å²) in [5, 5.41) is 10.1. The van der Waals surface area contributed by atoms with Crippen LogP contribution in [-0.4, -0.2) is 16.1 Å². The highest BCUT2D eigenvalue weighted by atomic mass is 35.5. The van der Waals surface area contributed by atoms with Gasteiger partial charge in [-0.05, 0) is 25.1 Å². The minimum atomic E-state index is -0.277. The van der Waals surface area contributed by atoms with Gasteiger partial charge in [0.1, 0.15) is 0 Å². The molecule has 0 radical (unpaired) electrons. The number of hydrogen-bond donors (Lipinski definition) is 2. The first-order valence-corrected chi connectivity index (χ1v) is 5.60. The van der Waals surface area contributed by atoms with Gasteiger partial charge in [0.15, 0.2) is 0 Å². The third kappa shape index (κ3) is 2.60. The summed E-state index contributed by atoms with van der Waals surface area (Å²) in [6.07, 6.45) is 1.46. The number of carbonyl (C=O) groups excluding carboxylic acids is 1. The molecule has 1 aromatic carbocycles. The maximum absolute atomic E-state index is 11.9. The lowest BCUT2D eigenvalue weighted by atomic mass is 10.2. The summed E-state index contributed by atoms with van der Waals surface area (Å²) in [7, 11) is 0. The van der Waals surface area contributed by atoms with Crippen LogP contribution in [0.5, 0.6) is 0 Å². The van der Waals surface area contributed by atoms with Crippen LogP contribution in [0, 0.1) is 6.92 Å². The van der Waals surface area contributed by atoms with Crippen molar-refractivity contribution in [2.45, 2.75) is 6.92 Å². The molecule has 0 aliphatic rings. The lowest BCUT2D eigenvalue weighted by molar-refractivity contribution is 0.102. The second-order valence-corrected chi connectivity index (χ2v) is 4.33. The van der Waals surface area contributed by atoms with Crippen molar-refractivity contribution in [1.82, 2.24) is 10.2 Å². The number of benzene rings is 1. The number of hydrogen-bond acceptors (Lipinski definition) is 2. The van der Waals surface area contributed by atoms with Crippen LogP contribution in [0.2, 0.25) is 10.0 Å². The molecule has 1 heterocycles. The van der Waals surface area contributed by atoms with Crippen LogP contribution in [0.1, 0.15) is 16.1 Å². The van der Waals surface area contributed by atoms with E-state index in [0.29, 0.717) is 27.0 Å². The summed E-state index contributed by atoms with van der Waals surface area (Å²) in [4.78, 5) is 11.9. The van der Waals surface area contributed by atoms with Crippen molar-refractivity contribution in [3.63, 3.8) is 0 Å². The Morgan fingerprint density at radius 1 is 1.41 bits per heavy atom. The zero-order valence-corrected chi connectivity index (χ0v) is 10.4. The molecule has 0 bridgehead atoms. The van der Waals surface area contributed by atoms with Crippen molar-refractivity contribution in [2.24, 2.45) is 0 Å². The number of anilines is 1. The zero-order valence-electron chi connectivity index (χ0n) is 8.92. The lowest BCUT2D eigenvalue weighted by Gasteiger charge is -2.06. The maximum Gasteiger partial charge on any atom is 0.259 e. The zero-order chi connectivity index (χ0) is 12.4. The number of aromatic amines is 1. The number of amides is 1. The number of aromatic nitrogens is 2. The van der Waals surface area contributed by atoms with Crippen molar-refractivity contribution in [1.29, 1.82) is 0 Å². The predicted octanol–water partition coefficient (Wildman–Crippen LogP) is 3.28. The third-order valence-electron chi connectivity index (χ3n) is 2.25. The Balaban J connectivity index is 2.24. The van der Waals surface area contributed by atoms with E-state index in [4.69, 9.17) is 23.2 Å². The topological polar surface area (TPSA) is 57.8 Å². The Kier molecular flexibility index (Phi) is 3.36. The number of nitrogens with one attached hydrogen (secondary N) is 2. The normalized spacial score (nSPS) is 10.3. The van der Waals surface area contributed by atoms with E-state index >= 15 is 0 Å². The fourth-order valence-corrected chi connectivity index (χ4v) is 1.70. The van der Waals surface area contributed by atoms with Crippen LogP contribution in [0.25, 0.3) is 0 Å². The van der Waals surface area contributed by atoms with Crippen molar-refractivity contribution in [2.75, 3.05) is 5.32 Å². The molecule has 0 saturated carbocycles. The van der Waals surface area contributed by atoms with Gasteiger partial charge in [-0.1, -0.05) is 23.2 Å². The van der Waals surface area contributed by atoms with Gasteiger partial charge in [0.2, 0.25) is 0 Å². The van der Waals surface area contributed by atoms with Crippen molar-refractivity contribution in [3.8, 4) is 0 Å².